The van der Waals surface area contributed by atoms with Gasteiger partial charge in [0.25, 0.3) is 0 Å². The molecule has 16 heavy (non-hydrogen) atoms. The van der Waals surface area contributed by atoms with Gasteiger partial charge in [-0.2, -0.15) is 0 Å². The average Bonchev–Trinajstić information content (AvgIpc) is 3.13. The van der Waals surface area contributed by atoms with Gasteiger partial charge in [0.15, 0.2) is 0 Å². The molecule has 0 aliphatic heterocycles. The van der Waals surface area contributed by atoms with Gasteiger partial charge < -0.3 is 5.32 Å². The normalized spacial score (nSPS) is 17.4. The van der Waals surface area contributed by atoms with Crippen LogP contribution in [0.15, 0.2) is 24.3 Å². The van der Waals surface area contributed by atoms with Crippen LogP contribution in [0.4, 0.5) is 0 Å². The predicted octanol–water partition coefficient (Wildman–Crippen LogP) is 3.70. The van der Waals surface area contributed by atoms with Crippen molar-refractivity contribution in [1.29, 1.82) is 0 Å². The van der Waals surface area contributed by atoms with Crippen LogP contribution in [0.2, 0.25) is 0 Å². The second-order valence-corrected chi connectivity index (χ2v) is 5.16. The minimum absolute atomic E-state index is 0.784. The number of hydrogen-bond acceptors (Lipinski definition) is 1. The second-order valence-electron chi connectivity index (χ2n) is 5.16. The van der Waals surface area contributed by atoms with Gasteiger partial charge in [-0.3, -0.25) is 0 Å². The van der Waals surface area contributed by atoms with Gasteiger partial charge in [-0.1, -0.05) is 44.5 Å². The van der Waals surface area contributed by atoms with Crippen molar-refractivity contribution in [3.8, 4) is 0 Å². The Balaban J connectivity index is 1.82. The van der Waals surface area contributed by atoms with E-state index in [2.05, 4.69) is 43.4 Å². The van der Waals surface area contributed by atoms with Gasteiger partial charge in [0.1, 0.15) is 0 Å². The van der Waals surface area contributed by atoms with Gasteiger partial charge in [-0.05, 0) is 42.3 Å². The summed E-state index contributed by atoms with van der Waals surface area (Å²) in [6, 6.07) is 9.08. The van der Waals surface area contributed by atoms with Crippen LogP contribution < -0.4 is 5.32 Å². The van der Waals surface area contributed by atoms with E-state index in [1.807, 2.05) is 0 Å². The first-order valence-corrected chi connectivity index (χ1v) is 6.59. The summed E-state index contributed by atoms with van der Waals surface area (Å²) in [6.07, 6.45) is 4.04. The third-order valence-electron chi connectivity index (χ3n) is 3.52. The smallest absolute Gasteiger partial charge is 0.0205 e. The molecule has 88 valence electrons. The molecule has 1 atom stereocenters. The molecule has 1 aromatic rings. The molecule has 1 aromatic carbocycles. The summed E-state index contributed by atoms with van der Waals surface area (Å²) < 4.78 is 0. The zero-order valence-corrected chi connectivity index (χ0v) is 10.5. The molecular weight excluding hydrogens is 194 g/mol. The molecule has 0 radical (unpaired) electrons. The van der Waals surface area contributed by atoms with E-state index in [1.54, 1.807) is 5.56 Å². The van der Waals surface area contributed by atoms with E-state index in [-0.39, 0.29) is 0 Å². The van der Waals surface area contributed by atoms with Crippen LogP contribution in [-0.2, 0) is 6.54 Å². The Labute approximate surface area is 99.3 Å². The molecular formula is C15H23N. The summed E-state index contributed by atoms with van der Waals surface area (Å²) in [7, 11) is 0. The molecule has 1 aliphatic rings. The van der Waals surface area contributed by atoms with E-state index in [9.17, 15) is 0 Å². The average molecular weight is 217 g/mol. The molecule has 1 nitrogen and oxygen atoms in total. The van der Waals surface area contributed by atoms with Crippen molar-refractivity contribution in [2.75, 3.05) is 6.54 Å². The van der Waals surface area contributed by atoms with Crippen molar-refractivity contribution in [3.05, 3.63) is 35.4 Å². The fourth-order valence-corrected chi connectivity index (χ4v) is 1.98. The lowest BCUT2D eigenvalue weighted by molar-refractivity contribution is 0.500. The summed E-state index contributed by atoms with van der Waals surface area (Å²) in [6.45, 7) is 6.70. The summed E-state index contributed by atoms with van der Waals surface area (Å²) in [5.41, 5.74) is 2.98. The Bertz CT molecular complexity index is 328. The van der Waals surface area contributed by atoms with Gasteiger partial charge >= 0.3 is 0 Å². The van der Waals surface area contributed by atoms with Gasteiger partial charge in [-0.25, -0.2) is 0 Å². The van der Waals surface area contributed by atoms with Crippen molar-refractivity contribution in [2.24, 2.45) is 5.92 Å². The number of nitrogens with one attached hydrogen (secondary N) is 1. The van der Waals surface area contributed by atoms with Crippen LogP contribution in [0.1, 0.15) is 50.2 Å². The molecule has 0 spiro atoms. The Morgan fingerprint density at radius 1 is 1.38 bits per heavy atom. The van der Waals surface area contributed by atoms with Crippen LogP contribution in [0.3, 0.4) is 0 Å². The molecule has 1 unspecified atom stereocenters. The van der Waals surface area contributed by atoms with Crippen LogP contribution in [0.25, 0.3) is 0 Å². The largest absolute Gasteiger partial charge is 0.312 e. The predicted molar refractivity (Wildman–Crippen MR) is 69.6 cm³/mol. The van der Waals surface area contributed by atoms with Crippen LogP contribution >= 0.6 is 0 Å². The Kier molecular flexibility index (Phi) is 4.00. The van der Waals surface area contributed by atoms with Gasteiger partial charge in [0.05, 0.1) is 0 Å². The molecule has 0 saturated heterocycles. The number of rotatable bonds is 6. The van der Waals surface area contributed by atoms with Crippen molar-refractivity contribution in [1.82, 2.24) is 5.32 Å². The fourth-order valence-electron chi connectivity index (χ4n) is 1.98. The van der Waals surface area contributed by atoms with E-state index in [1.165, 1.54) is 24.8 Å². The standard InChI is InChI=1S/C15H23N/c1-3-12(2)10-16-11-13-5-4-6-15(9-13)14-7-8-14/h4-6,9,12,14,16H,3,7-8,10-11H2,1-2H3. The maximum Gasteiger partial charge on any atom is 0.0205 e. The third-order valence-corrected chi connectivity index (χ3v) is 3.52. The van der Waals surface area contributed by atoms with Crippen LogP contribution in [-0.4, -0.2) is 6.54 Å². The zero-order valence-electron chi connectivity index (χ0n) is 10.5. The van der Waals surface area contributed by atoms with Gasteiger partial charge in [0.2, 0.25) is 0 Å². The van der Waals surface area contributed by atoms with Crippen molar-refractivity contribution in [2.45, 2.75) is 45.6 Å². The fraction of sp³-hybridized carbons (Fsp3) is 0.600. The monoisotopic (exact) mass is 217 g/mol. The van der Waals surface area contributed by atoms with E-state index < -0.39 is 0 Å². The molecule has 0 aromatic heterocycles. The van der Waals surface area contributed by atoms with E-state index in [4.69, 9.17) is 0 Å². The topological polar surface area (TPSA) is 12.0 Å². The Hall–Kier alpha value is -0.820. The first kappa shape index (κ1) is 11.7. The molecule has 1 N–H and O–H groups in total. The highest BCUT2D eigenvalue weighted by molar-refractivity contribution is 5.29. The third kappa shape index (κ3) is 3.34. The molecule has 1 saturated carbocycles. The summed E-state index contributed by atoms with van der Waals surface area (Å²) in [4.78, 5) is 0. The summed E-state index contributed by atoms with van der Waals surface area (Å²) >= 11 is 0. The molecule has 0 amide bonds. The van der Waals surface area contributed by atoms with E-state index in [0.717, 1.165) is 24.9 Å². The maximum absolute atomic E-state index is 3.54. The summed E-state index contributed by atoms with van der Waals surface area (Å²) in [5.74, 6) is 1.65. The van der Waals surface area contributed by atoms with Crippen molar-refractivity contribution in [3.63, 3.8) is 0 Å². The van der Waals surface area contributed by atoms with Crippen LogP contribution in [0.5, 0.6) is 0 Å². The summed E-state index contributed by atoms with van der Waals surface area (Å²) in [5, 5.41) is 3.54. The molecule has 1 fully saturated rings. The lowest BCUT2D eigenvalue weighted by Crippen LogP contribution is -2.20. The number of hydrogen-bond donors (Lipinski definition) is 1. The molecule has 1 heteroatoms. The highest BCUT2D eigenvalue weighted by Crippen LogP contribution is 2.40. The Morgan fingerprint density at radius 2 is 2.19 bits per heavy atom. The molecule has 2 rings (SSSR count). The molecule has 0 bridgehead atoms. The lowest BCUT2D eigenvalue weighted by Gasteiger charge is -2.10. The van der Waals surface area contributed by atoms with Crippen molar-refractivity contribution >= 4 is 0 Å². The lowest BCUT2D eigenvalue weighted by atomic mass is 10.1. The first-order chi connectivity index (χ1) is 7.79. The number of benzene rings is 1. The van der Waals surface area contributed by atoms with E-state index in [0.29, 0.717) is 0 Å². The minimum atomic E-state index is 0.784. The molecule has 1 aliphatic carbocycles. The van der Waals surface area contributed by atoms with Crippen LogP contribution in [0, 0.1) is 5.92 Å². The minimum Gasteiger partial charge on any atom is -0.312 e. The highest BCUT2D eigenvalue weighted by atomic mass is 14.8. The van der Waals surface area contributed by atoms with Gasteiger partial charge in [0, 0.05) is 6.54 Å². The first-order valence-electron chi connectivity index (χ1n) is 6.59. The highest BCUT2D eigenvalue weighted by Gasteiger charge is 2.23. The SMILES string of the molecule is CCC(C)CNCc1cccc(C2CC2)c1. The Morgan fingerprint density at radius 3 is 2.88 bits per heavy atom. The maximum atomic E-state index is 3.54. The second kappa shape index (κ2) is 5.49. The van der Waals surface area contributed by atoms with Gasteiger partial charge in [-0.15, -0.1) is 0 Å². The molecule has 0 heterocycles. The van der Waals surface area contributed by atoms with Crippen molar-refractivity contribution < 1.29 is 0 Å². The van der Waals surface area contributed by atoms with E-state index >= 15 is 0 Å². The zero-order chi connectivity index (χ0) is 11.4. The quantitative estimate of drug-likeness (QED) is 0.766.